The van der Waals surface area contributed by atoms with E-state index in [9.17, 15) is 26.4 Å². The van der Waals surface area contributed by atoms with Crippen molar-refractivity contribution in [2.24, 2.45) is 10.8 Å². The summed E-state index contributed by atoms with van der Waals surface area (Å²) >= 11 is 0. The summed E-state index contributed by atoms with van der Waals surface area (Å²) in [7, 11) is -4.88. The third kappa shape index (κ3) is 3.68. The van der Waals surface area contributed by atoms with E-state index in [2.05, 4.69) is 0 Å². The molecule has 0 radical (unpaired) electrons. The van der Waals surface area contributed by atoms with Crippen LogP contribution in [0.3, 0.4) is 0 Å². The molecule has 3 fully saturated rings. The van der Waals surface area contributed by atoms with Crippen LogP contribution in [0.15, 0.2) is 0 Å². The minimum absolute atomic E-state index is 0.00416. The Morgan fingerprint density at radius 1 is 1.00 bits per heavy atom. The molecule has 2 spiro atoms. The van der Waals surface area contributed by atoms with E-state index in [1.165, 1.54) is 10.6 Å². The Hall–Kier alpha value is -1.20. The van der Waals surface area contributed by atoms with Gasteiger partial charge in [0.25, 0.3) is 0 Å². The number of likely N-dealkylation sites (tertiary alicyclic amines) is 2. The van der Waals surface area contributed by atoms with Crippen LogP contribution in [0.4, 0.5) is 0 Å². The smallest absolute Gasteiger partial charge is 0.230 e. The fourth-order valence-electron chi connectivity index (χ4n) is 5.07. The second-order valence-corrected chi connectivity index (χ2v) is 12.9. The third-order valence-electron chi connectivity index (χ3n) is 6.80. The van der Waals surface area contributed by atoms with Gasteiger partial charge in [0, 0.05) is 57.9 Å². The number of nitrogens with zero attached hydrogens (tertiary/aromatic N) is 3. The Bertz CT molecular complexity index is 877. The van der Waals surface area contributed by atoms with Crippen LogP contribution >= 0.6 is 0 Å². The first kappa shape index (κ1) is 21.5. The first-order valence-corrected chi connectivity index (χ1v) is 13.4. The van der Waals surface area contributed by atoms with E-state index in [4.69, 9.17) is 0 Å². The van der Waals surface area contributed by atoms with Gasteiger partial charge < -0.3 is 9.80 Å². The van der Waals surface area contributed by atoms with Crippen LogP contribution in [0, 0.1) is 10.8 Å². The summed E-state index contributed by atoms with van der Waals surface area (Å²) in [4.78, 5) is 28.8. The second kappa shape index (κ2) is 6.94. The van der Waals surface area contributed by atoms with Crippen LogP contribution < -0.4 is 0 Å². The standard InChI is InChI=1S/C17H29N3O6S2/c1-18-8-7-17(15(18)22)13-20(28(3,25)26)12-16(17)5-9-19(10-6-16)14(21)4-11-27(2,23)24/h4-13H2,1-3H3. The van der Waals surface area contributed by atoms with Gasteiger partial charge >= 0.3 is 0 Å². The van der Waals surface area contributed by atoms with E-state index in [0.29, 0.717) is 45.4 Å². The number of hydrogen-bond acceptors (Lipinski definition) is 6. The molecule has 2 amide bonds. The van der Waals surface area contributed by atoms with Gasteiger partial charge in [-0.15, -0.1) is 0 Å². The Kier molecular flexibility index (Phi) is 5.33. The highest BCUT2D eigenvalue weighted by atomic mass is 32.2. The lowest BCUT2D eigenvalue weighted by atomic mass is 9.60. The molecule has 3 heterocycles. The topological polar surface area (TPSA) is 112 Å². The maximum atomic E-state index is 13.1. The van der Waals surface area contributed by atoms with Gasteiger partial charge in [0.05, 0.1) is 17.4 Å². The summed E-state index contributed by atoms with van der Waals surface area (Å²) in [6.45, 7) is 1.95. The van der Waals surface area contributed by atoms with Crippen molar-refractivity contribution in [3.63, 3.8) is 0 Å². The van der Waals surface area contributed by atoms with Crippen molar-refractivity contribution in [1.82, 2.24) is 14.1 Å². The molecule has 0 N–H and O–H groups in total. The molecule has 1 unspecified atom stereocenters. The van der Waals surface area contributed by atoms with Crippen LogP contribution in [-0.2, 0) is 29.4 Å². The molecule has 0 aromatic heterocycles. The quantitative estimate of drug-likeness (QED) is 0.569. The van der Waals surface area contributed by atoms with Gasteiger partial charge in [-0.1, -0.05) is 0 Å². The largest absolute Gasteiger partial charge is 0.345 e. The van der Waals surface area contributed by atoms with Crippen molar-refractivity contribution in [2.45, 2.75) is 25.7 Å². The van der Waals surface area contributed by atoms with E-state index < -0.39 is 30.7 Å². The molecule has 9 nitrogen and oxygen atoms in total. The summed E-state index contributed by atoms with van der Waals surface area (Å²) in [6, 6.07) is 0. The monoisotopic (exact) mass is 435 g/mol. The highest BCUT2D eigenvalue weighted by molar-refractivity contribution is 7.90. The average Bonchev–Trinajstić information content (AvgIpc) is 3.06. The van der Waals surface area contributed by atoms with Crippen molar-refractivity contribution in [2.75, 3.05) is 58.0 Å². The lowest BCUT2D eigenvalue weighted by molar-refractivity contribution is -0.143. The van der Waals surface area contributed by atoms with Crippen molar-refractivity contribution < 1.29 is 26.4 Å². The zero-order chi connectivity index (χ0) is 21.0. The predicted molar refractivity (Wildman–Crippen MR) is 104 cm³/mol. The first-order chi connectivity index (χ1) is 12.8. The number of amides is 2. The highest BCUT2D eigenvalue weighted by Crippen LogP contribution is 2.58. The fourth-order valence-corrected chi connectivity index (χ4v) is 6.55. The zero-order valence-electron chi connectivity index (χ0n) is 16.7. The Morgan fingerprint density at radius 2 is 1.61 bits per heavy atom. The first-order valence-electron chi connectivity index (χ1n) is 9.46. The molecule has 0 aromatic rings. The molecule has 0 bridgehead atoms. The maximum absolute atomic E-state index is 13.1. The van der Waals surface area contributed by atoms with Crippen LogP contribution in [0.5, 0.6) is 0 Å². The summed E-state index contributed by atoms with van der Waals surface area (Å²) in [5, 5.41) is 0. The van der Waals surface area contributed by atoms with Gasteiger partial charge in [0.15, 0.2) is 0 Å². The van der Waals surface area contributed by atoms with E-state index in [-0.39, 0.29) is 30.5 Å². The lowest BCUT2D eigenvalue weighted by Gasteiger charge is -2.46. The molecule has 3 aliphatic heterocycles. The molecule has 0 saturated carbocycles. The van der Waals surface area contributed by atoms with Crippen LogP contribution in [0.25, 0.3) is 0 Å². The van der Waals surface area contributed by atoms with Crippen molar-refractivity contribution in [3.05, 3.63) is 0 Å². The number of piperidine rings is 1. The number of sulfonamides is 1. The Labute approximate surface area is 167 Å². The van der Waals surface area contributed by atoms with E-state index >= 15 is 0 Å². The number of sulfone groups is 1. The maximum Gasteiger partial charge on any atom is 0.230 e. The van der Waals surface area contributed by atoms with Crippen molar-refractivity contribution in [1.29, 1.82) is 0 Å². The molecule has 1 atom stereocenters. The molecule has 28 heavy (non-hydrogen) atoms. The molecule has 3 saturated heterocycles. The second-order valence-electron chi connectivity index (χ2n) is 8.63. The predicted octanol–water partition coefficient (Wildman–Crippen LogP) is -0.846. The van der Waals surface area contributed by atoms with E-state index in [0.717, 1.165) is 6.26 Å². The van der Waals surface area contributed by atoms with Crippen molar-refractivity contribution >= 4 is 31.7 Å². The molecule has 0 aliphatic carbocycles. The molecule has 3 aliphatic rings. The SMILES string of the molecule is CN1CCC2(CN(S(C)(=O)=O)CC23CCN(C(=O)CCS(C)(=O)=O)CC3)C1=O. The van der Waals surface area contributed by atoms with Crippen LogP contribution in [0.2, 0.25) is 0 Å². The summed E-state index contributed by atoms with van der Waals surface area (Å²) < 4.78 is 48.5. The van der Waals surface area contributed by atoms with E-state index in [1.807, 2.05) is 0 Å². The number of carbonyl (C=O) groups excluding carboxylic acids is 2. The minimum Gasteiger partial charge on any atom is -0.345 e. The van der Waals surface area contributed by atoms with Crippen LogP contribution in [0.1, 0.15) is 25.7 Å². The normalized spacial score (nSPS) is 28.6. The van der Waals surface area contributed by atoms with Crippen molar-refractivity contribution in [3.8, 4) is 0 Å². The fraction of sp³-hybridized carbons (Fsp3) is 0.882. The highest BCUT2D eigenvalue weighted by Gasteiger charge is 2.66. The molecular formula is C17H29N3O6S2. The molecule has 11 heteroatoms. The lowest BCUT2D eigenvalue weighted by Crippen LogP contribution is -2.53. The zero-order valence-corrected chi connectivity index (χ0v) is 18.3. The third-order valence-corrected chi connectivity index (χ3v) is 8.94. The molecular weight excluding hydrogens is 406 g/mol. The number of rotatable bonds is 4. The minimum atomic E-state index is -3.42. The Balaban J connectivity index is 1.79. The van der Waals surface area contributed by atoms with Gasteiger partial charge in [-0.2, -0.15) is 0 Å². The van der Waals surface area contributed by atoms with Gasteiger partial charge in [-0.3, -0.25) is 9.59 Å². The van der Waals surface area contributed by atoms with Gasteiger partial charge in [0.1, 0.15) is 9.84 Å². The molecule has 3 rings (SSSR count). The average molecular weight is 436 g/mol. The number of fused-ring (bicyclic) bond motifs is 1. The Morgan fingerprint density at radius 3 is 2.07 bits per heavy atom. The number of hydrogen-bond donors (Lipinski definition) is 0. The number of carbonyl (C=O) groups is 2. The molecule has 0 aromatic carbocycles. The van der Waals surface area contributed by atoms with Crippen LogP contribution in [-0.4, -0.2) is 101 Å². The summed E-state index contributed by atoms with van der Waals surface area (Å²) in [6.07, 6.45) is 3.94. The van der Waals surface area contributed by atoms with Gasteiger partial charge in [0.2, 0.25) is 21.8 Å². The van der Waals surface area contributed by atoms with Gasteiger partial charge in [-0.25, -0.2) is 21.1 Å². The molecule has 160 valence electrons. The summed E-state index contributed by atoms with van der Waals surface area (Å²) in [5.41, 5.74) is -1.21. The summed E-state index contributed by atoms with van der Waals surface area (Å²) in [5.74, 6) is -0.389. The van der Waals surface area contributed by atoms with E-state index in [1.54, 1.807) is 16.8 Å². The van der Waals surface area contributed by atoms with Gasteiger partial charge in [-0.05, 0) is 19.3 Å².